The number of pyridine rings is 1. The Labute approximate surface area is 270 Å². The van der Waals surface area contributed by atoms with Crippen molar-refractivity contribution in [2.75, 3.05) is 12.4 Å². The molecule has 3 aromatic carbocycles. The van der Waals surface area contributed by atoms with Gasteiger partial charge in [0.15, 0.2) is 11.6 Å². The number of amides is 1. The van der Waals surface area contributed by atoms with Crippen molar-refractivity contribution >= 4 is 40.9 Å². The molecule has 0 saturated carbocycles. The molecule has 240 valence electrons. The largest absolute Gasteiger partial charge is 0.497 e. The van der Waals surface area contributed by atoms with Gasteiger partial charge in [-0.25, -0.2) is 9.07 Å². The third-order valence-corrected chi connectivity index (χ3v) is 7.06. The number of nitrogens with one attached hydrogen (secondary N) is 1. The van der Waals surface area contributed by atoms with Crippen molar-refractivity contribution in [3.8, 4) is 22.9 Å². The number of anilines is 1. The number of ether oxygens (including phenoxy) is 3. The molecular weight excluding hydrogens is 617 g/mol. The fourth-order valence-electron chi connectivity index (χ4n) is 4.83. The van der Waals surface area contributed by atoms with E-state index in [0.717, 1.165) is 6.07 Å². The van der Waals surface area contributed by atoms with Crippen molar-refractivity contribution in [2.24, 2.45) is 5.73 Å². The van der Waals surface area contributed by atoms with Gasteiger partial charge >= 0.3 is 5.97 Å². The molecule has 3 N–H and O–H groups in total. The molecule has 0 spiro atoms. The fraction of sp³-hybridized carbons (Fsp3) is 0.212. The van der Waals surface area contributed by atoms with Crippen LogP contribution in [0, 0.1) is 12.7 Å². The lowest BCUT2D eigenvalue weighted by Gasteiger charge is -2.19. The predicted molar refractivity (Wildman–Crippen MR) is 174 cm³/mol. The molecule has 0 fully saturated rings. The Morgan fingerprint density at radius 1 is 1.02 bits per heavy atom. The van der Waals surface area contributed by atoms with E-state index >= 15 is 4.39 Å². The standard InChI is InChI=1S/C33H32FN5O6.ClH/c1-19(44-33(42)20(2)35)18-38-21(3)30(32(41)39(38)23-8-6-5-7-9-23)31(40)37-22-10-13-29(26(34)16-22)45-28-14-15-36-27-17-24(43-4)11-12-25(27)28;/h5-17,19-20H,18,35H2,1-4H3,(H,37,40);1H. The number of rotatable bonds is 10. The number of nitrogens with two attached hydrogens (primary N) is 1. The molecule has 0 bridgehead atoms. The van der Waals surface area contributed by atoms with Gasteiger partial charge < -0.3 is 25.3 Å². The third kappa shape index (κ3) is 7.03. The van der Waals surface area contributed by atoms with Crippen LogP contribution in [0.3, 0.4) is 0 Å². The van der Waals surface area contributed by atoms with Crippen LogP contribution < -0.4 is 26.1 Å². The van der Waals surface area contributed by atoms with Gasteiger partial charge in [0, 0.05) is 29.4 Å². The molecule has 2 unspecified atom stereocenters. The molecule has 2 atom stereocenters. The summed E-state index contributed by atoms with van der Waals surface area (Å²) in [5, 5.41) is 3.28. The van der Waals surface area contributed by atoms with E-state index in [1.807, 2.05) is 0 Å². The molecule has 46 heavy (non-hydrogen) atoms. The maximum atomic E-state index is 15.2. The molecule has 0 saturated heterocycles. The number of fused-ring (bicyclic) bond motifs is 1. The van der Waals surface area contributed by atoms with Crippen LogP contribution in [-0.4, -0.2) is 45.5 Å². The number of hydrogen-bond donors (Lipinski definition) is 2. The van der Waals surface area contributed by atoms with E-state index < -0.39 is 35.4 Å². The van der Waals surface area contributed by atoms with Crippen molar-refractivity contribution < 1.29 is 28.2 Å². The lowest BCUT2D eigenvalue weighted by Crippen LogP contribution is -2.34. The molecule has 0 aliphatic carbocycles. The minimum atomic E-state index is -0.818. The van der Waals surface area contributed by atoms with Gasteiger partial charge in [-0.05, 0) is 63.2 Å². The first kappa shape index (κ1) is 33.7. The second-order valence-corrected chi connectivity index (χ2v) is 10.4. The van der Waals surface area contributed by atoms with Crippen molar-refractivity contribution in [2.45, 2.75) is 39.5 Å². The summed E-state index contributed by atoms with van der Waals surface area (Å²) in [5.74, 6) is -1.11. The zero-order valence-corrected chi connectivity index (χ0v) is 26.3. The summed E-state index contributed by atoms with van der Waals surface area (Å²) >= 11 is 0. The topological polar surface area (TPSA) is 140 Å². The first-order valence-electron chi connectivity index (χ1n) is 14.1. The molecule has 11 nitrogen and oxygen atoms in total. The number of aromatic nitrogens is 3. The highest BCUT2D eigenvalue weighted by molar-refractivity contribution is 6.05. The van der Waals surface area contributed by atoms with Crippen molar-refractivity contribution in [3.05, 3.63) is 106 Å². The Kier molecular flexibility index (Phi) is 10.5. The molecule has 2 aromatic heterocycles. The number of carbonyl (C=O) groups excluding carboxylic acids is 2. The summed E-state index contributed by atoms with van der Waals surface area (Å²) in [6.45, 7) is 4.86. The smallest absolute Gasteiger partial charge is 0.322 e. The summed E-state index contributed by atoms with van der Waals surface area (Å²) in [5.41, 5.74) is 6.45. The molecule has 0 radical (unpaired) electrons. The molecule has 2 heterocycles. The highest BCUT2D eigenvalue weighted by Crippen LogP contribution is 2.33. The lowest BCUT2D eigenvalue weighted by molar-refractivity contribution is -0.150. The summed E-state index contributed by atoms with van der Waals surface area (Å²) in [4.78, 5) is 43.5. The maximum absolute atomic E-state index is 15.2. The SMILES string of the molecule is COc1ccc2c(Oc3ccc(NC(=O)c4c(C)n(CC(C)OC(=O)C(C)N)n(-c5ccccc5)c4=O)cc3F)ccnc2c1.Cl. The van der Waals surface area contributed by atoms with E-state index in [2.05, 4.69) is 10.3 Å². The Balaban J connectivity index is 0.00000480. The molecular formula is C33H33ClFN5O6. The van der Waals surface area contributed by atoms with Gasteiger partial charge in [-0.1, -0.05) is 18.2 Å². The van der Waals surface area contributed by atoms with Gasteiger partial charge in [0.05, 0.1) is 30.6 Å². The molecule has 5 rings (SSSR count). The van der Waals surface area contributed by atoms with Crippen molar-refractivity contribution in [1.82, 2.24) is 14.3 Å². The van der Waals surface area contributed by atoms with Gasteiger partial charge in [0.25, 0.3) is 11.5 Å². The zero-order chi connectivity index (χ0) is 32.2. The number of carbonyl (C=O) groups is 2. The van der Waals surface area contributed by atoms with Crippen molar-refractivity contribution in [3.63, 3.8) is 0 Å². The van der Waals surface area contributed by atoms with Crippen LogP contribution >= 0.6 is 12.4 Å². The van der Waals surface area contributed by atoms with E-state index in [9.17, 15) is 14.4 Å². The average molecular weight is 650 g/mol. The normalized spacial score (nSPS) is 12.1. The first-order valence-corrected chi connectivity index (χ1v) is 14.1. The second-order valence-electron chi connectivity index (χ2n) is 10.4. The molecule has 5 aromatic rings. The van der Waals surface area contributed by atoms with Crippen LogP contribution in [0.5, 0.6) is 17.2 Å². The first-order chi connectivity index (χ1) is 21.6. The van der Waals surface area contributed by atoms with E-state index in [4.69, 9.17) is 19.9 Å². The number of esters is 1. The summed E-state index contributed by atoms with van der Waals surface area (Å²) in [6, 6.07) is 18.8. The minimum Gasteiger partial charge on any atom is -0.497 e. The number of para-hydroxylation sites is 1. The molecule has 0 aliphatic heterocycles. The Hall–Kier alpha value is -5.20. The number of benzene rings is 3. The molecule has 13 heteroatoms. The van der Waals surface area contributed by atoms with Gasteiger partial charge in [0.2, 0.25) is 0 Å². The monoisotopic (exact) mass is 649 g/mol. The average Bonchev–Trinajstić information content (AvgIpc) is 3.26. The summed E-state index contributed by atoms with van der Waals surface area (Å²) in [6.07, 6.45) is 0.880. The van der Waals surface area contributed by atoms with Gasteiger partial charge in [-0.3, -0.25) is 24.0 Å². The van der Waals surface area contributed by atoms with Crippen LogP contribution in [-0.2, 0) is 16.1 Å². The van der Waals surface area contributed by atoms with Gasteiger partial charge in [0.1, 0.15) is 29.2 Å². The number of nitrogens with zero attached hydrogens (tertiary/aromatic N) is 3. The Morgan fingerprint density at radius 3 is 2.43 bits per heavy atom. The molecule has 0 aliphatic rings. The quantitative estimate of drug-likeness (QED) is 0.192. The minimum absolute atomic E-state index is 0. The second kappa shape index (κ2) is 14.3. The van der Waals surface area contributed by atoms with Gasteiger partial charge in [-0.2, -0.15) is 0 Å². The summed E-state index contributed by atoms with van der Waals surface area (Å²) < 4.78 is 34.6. The van der Waals surface area contributed by atoms with E-state index in [0.29, 0.717) is 33.8 Å². The van der Waals surface area contributed by atoms with Crippen molar-refractivity contribution in [1.29, 1.82) is 0 Å². The van der Waals surface area contributed by atoms with Crippen LogP contribution in [0.2, 0.25) is 0 Å². The highest BCUT2D eigenvalue weighted by atomic mass is 35.5. The Bertz CT molecular complexity index is 1940. The summed E-state index contributed by atoms with van der Waals surface area (Å²) in [7, 11) is 1.55. The Morgan fingerprint density at radius 2 is 1.76 bits per heavy atom. The molecule has 1 amide bonds. The van der Waals surface area contributed by atoms with E-state index in [1.165, 1.54) is 23.7 Å². The van der Waals surface area contributed by atoms with Crippen LogP contribution in [0.4, 0.5) is 10.1 Å². The van der Waals surface area contributed by atoms with Gasteiger partial charge in [-0.15, -0.1) is 12.4 Å². The maximum Gasteiger partial charge on any atom is 0.322 e. The number of methoxy groups -OCH3 is 1. The number of hydrogen-bond acceptors (Lipinski definition) is 8. The fourth-order valence-corrected chi connectivity index (χ4v) is 4.83. The lowest BCUT2D eigenvalue weighted by atomic mass is 10.2. The number of halogens is 2. The van der Waals surface area contributed by atoms with Crippen LogP contribution in [0.25, 0.3) is 16.6 Å². The van der Waals surface area contributed by atoms with Crippen LogP contribution in [0.15, 0.2) is 83.8 Å². The van der Waals surface area contributed by atoms with E-state index in [-0.39, 0.29) is 36.0 Å². The highest BCUT2D eigenvalue weighted by Gasteiger charge is 2.26. The predicted octanol–water partition coefficient (Wildman–Crippen LogP) is 5.39. The van der Waals surface area contributed by atoms with E-state index in [1.54, 1.807) is 86.4 Å². The van der Waals surface area contributed by atoms with Crippen LogP contribution in [0.1, 0.15) is 29.9 Å². The zero-order valence-electron chi connectivity index (χ0n) is 25.5. The third-order valence-electron chi connectivity index (χ3n) is 7.06.